The lowest BCUT2D eigenvalue weighted by Crippen LogP contribution is -2.24. The Bertz CT molecular complexity index is 843. The molecule has 0 radical (unpaired) electrons. The fourth-order valence-electron chi connectivity index (χ4n) is 2.78. The largest absolute Gasteiger partial charge is 0.454 e. The number of aromatic nitrogens is 2. The van der Waals surface area contributed by atoms with E-state index in [1.165, 1.54) is 6.33 Å². The van der Waals surface area contributed by atoms with Crippen LogP contribution in [0.15, 0.2) is 67.1 Å². The third kappa shape index (κ3) is 3.25. The van der Waals surface area contributed by atoms with Crippen LogP contribution in [0.25, 0.3) is 0 Å². The summed E-state index contributed by atoms with van der Waals surface area (Å²) in [7, 11) is 0. The maximum atomic E-state index is 10.7. The van der Waals surface area contributed by atoms with E-state index in [4.69, 9.17) is 9.47 Å². The van der Waals surface area contributed by atoms with Crippen LogP contribution in [0.1, 0.15) is 11.7 Å². The lowest BCUT2D eigenvalue weighted by atomic mass is 10.1. The first-order valence-corrected chi connectivity index (χ1v) is 7.97. The molecule has 3 aromatic rings. The van der Waals surface area contributed by atoms with Crippen LogP contribution in [0.5, 0.6) is 11.5 Å². The average molecular weight is 335 g/mol. The molecule has 0 amide bonds. The van der Waals surface area contributed by atoms with Crippen molar-refractivity contribution in [3.63, 3.8) is 0 Å². The maximum Gasteiger partial charge on any atom is 0.231 e. The summed E-state index contributed by atoms with van der Waals surface area (Å²) in [6.07, 6.45) is 2.50. The van der Waals surface area contributed by atoms with E-state index < -0.39 is 6.10 Å². The van der Waals surface area contributed by atoms with Gasteiger partial charge in [0, 0.05) is 18.0 Å². The molecular weight excluding hydrogens is 318 g/mol. The van der Waals surface area contributed by atoms with Gasteiger partial charge in [-0.1, -0.05) is 30.3 Å². The van der Waals surface area contributed by atoms with Gasteiger partial charge in [0.05, 0.1) is 12.6 Å². The minimum absolute atomic E-state index is 0.221. The number of hydrogen-bond acceptors (Lipinski definition) is 6. The zero-order valence-corrected chi connectivity index (χ0v) is 13.4. The zero-order valence-electron chi connectivity index (χ0n) is 13.4. The number of nitrogens with zero attached hydrogens (tertiary/aromatic N) is 3. The Balaban J connectivity index is 1.67. The van der Waals surface area contributed by atoms with Crippen molar-refractivity contribution in [2.75, 3.05) is 18.2 Å². The van der Waals surface area contributed by atoms with Crippen LogP contribution in [-0.2, 0) is 0 Å². The van der Waals surface area contributed by atoms with Gasteiger partial charge in [0.1, 0.15) is 12.1 Å². The monoisotopic (exact) mass is 335 g/mol. The molecule has 0 saturated heterocycles. The van der Waals surface area contributed by atoms with Crippen LogP contribution in [-0.4, -0.2) is 28.4 Å². The third-order valence-corrected chi connectivity index (χ3v) is 4.05. The normalized spacial score (nSPS) is 13.5. The molecule has 1 atom stereocenters. The van der Waals surface area contributed by atoms with Gasteiger partial charge in [-0.3, -0.25) is 0 Å². The van der Waals surface area contributed by atoms with E-state index in [0.717, 1.165) is 17.0 Å². The predicted octanol–water partition coefficient (Wildman–Crippen LogP) is 3.08. The number of aliphatic hydroxyl groups is 1. The standard InChI is InChI=1S/C19H17N3O3/c23-16(14-4-2-1-3-5-14)11-22(19-8-9-20-12-21-19)15-6-7-17-18(10-15)25-13-24-17/h1-10,12,16,23H,11,13H2. The maximum absolute atomic E-state index is 10.7. The number of anilines is 2. The summed E-state index contributed by atoms with van der Waals surface area (Å²) < 4.78 is 10.8. The van der Waals surface area contributed by atoms with Gasteiger partial charge >= 0.3 is 0 Å². The van der Waals surface area contributed by atoms with Crippen molar-refractivity contribution < 1.29 is 14.6 Å². The first-order chi connectivity index (χ1) is 12.3. The van der Waals surface area contributed by atoms with E-state index in [1.807, 2.05) is 59.5 Å². The Hall–Kier alpha value is -3.12. The lowest BCUT2D eigenvalue weighted by Gasteiger charge is -2.26. The number of benzene rings is 2. The van der Waals surface area contributed by atoms with Crippen LogP contribution in [0.3, 0.4) is 0 Å². The first kappa shape index (κ1) is 15.4. The van der Waals surface area contributed by atoms with Gasteiger partial charge in [0.2, 0.25) is 6.79 Å². The molecule has 1 aliphatic heterocycles. The first-order valence-electron chi connectivity index (χ1n) is 7.97. The molecule has 1 aliphatic rings. The van der Waals surface area contributed by atoms with Crippen LogP contribution < -0.4 is 14.4 Å². The molecule has 6 heteroatoms. The van der Waals surface area contributed by atoms with Crippen LogP contribution >= 0.6 is 0 Å². The Morgan fingerprint density at radius 2 is 1.88 bits per heavy atom. The molecule has 0 fully saturated rings. The second-order valence-electron chi connectivity index (χ2n) is 5.64. The minimum atomic E-state index is -0.665. The molecular formula is C19H17N3O3. The van der Waals surface area contributed by atoms with Crippen molar-refractivity contribution in [1.82, 2.24) is 9.97 Å². The van der Waals surface area contributed by atoms with Crippen molar-refractivity contribution >= 4 is 11.5 Å². The number of aliphatic hydroxyl groups excluding tert-OH is 1. The highest BCUT2D eigenvalue weighted by molar-refractivity contribution is 5.64. The van der Waals surface area contributed by atoms with Crippen LogP contribution in [0.4, 0.5) is 11.5 Å². The van der Waals surface area contributed by atoms with E-state index >= 15 is 0 Å². The van der Waals surface area contributed by atoms with Crippen molar-refractivity contribution in [3.8, 4) is 11.5 Å². The van der Waals surface area contributed by atoms with Crippen LogP contribution in [0, 0.1) is 0 Å². The molecule has 0 bridgehead atoms. The van der Waals surface area contributed by atoms with E-state index in [-0.39, 0.29) is 6.79 Å². The molecule has 0 aliphatic carbocycles. The number of hydrogen-bond donors (Lipinski definition) is 1. The lowest BCUT2D eigenvalue weighted by molar-refractivity contribution is 0.174. The summed E-state index contributed by atoms with van der Waals surface area (Å²) in [5, 5.41) is 10.7. The van der Waals surface area contributed by atoms with Crippen molar-refractivity contribution in [3.05, 3.63) is 72.7 Å². The highest BCUT2D eigenvalue weighted by Gasteiger charge is 2.20. The quantitative estimate of drug-likeness (QED) is 0.773. The van der Waals surface area contributed by atoms with E-state index in [1.54, 1.807) is 6.20 Å². The summed E-state index contributed by atoms with van der Waals surface area (Å²) >= 11 is 0. The third-order valence-electron chi connectivity index (χ3n) is 4.05. The molecule has 4 rings (SSSR count). The molecule has 6 nitrogen and oxygen atoms in total. The van der Waals surface area contributed by atoms with Crippen LogP contribution in [0.2, 0.25) is 0 Å². The second-order valence-corrected chi connectivity index (χ2v) is 5.64. The van der Waals surface area contributed by atoms with Gasteiger partial charge in [0.25, 0.3) is 0 Å². The van der Waals surface area contributed by atoms with Gasteiger partial charge in [-0.25, -0.2) is 9.97 Å². The molecule has 0 spiro atoms. The summed E-state index contributed by atoms with van der Waals surface area (Å²) in [4.78, 5) is 10.2. The van der Waals surface area contributed by atoms with Crippen molar-refractivity contribution in [2.24, 2.45) is 0 Å². The molecule has 0 saturated carbocycles. The highest BCUT2D eigenvalue weighted by atomic mass is 16.7. The van der Waals surface area contributed by atoms with Crippen molar-refractivity contribution in [1.29, 1.82) is 0 Å². The topological polar surface area (TPSA) is 67.7 Å². The van der Waals surface area contributed by atoms with Gasteiger partial charge in [-0.15, -0.1) is 0 Å². The minimum Gasteiger partial charge on any atom is -0.454 e. The fraction of sp³-hybridized carbons (Fsp3) is 0.158. The van der Waals surface area contributed by atoms with E-state index in [0.29, 0.717) is 18.1 Å². The smallest absolute Gasteiger partial charge is 0.231 e. The van der Waals surface area contributed by atoms with Gasteiger partial charge in [0.15, 0.2) is 11.5 Å². The van der Waals surface area contributed by atoms with Gasteiger partial charge in [-0.05, 0) is 23.8 Å². The Morgan fingerprint density at radius 3 is 2.68 bits per heavy atom. The summed E-state index contributed by atoms with van der Waals surface area (Å²) in [6, 6.07) is 17.0. The van der Waals surface area contributed by atoms with Crippen molar-refractivity contribution in [2.45, 2.75) is 6.10 Å². The molecule has 2 aromatic carbocycles. The Morgan fingerprint density at radius 1 is 1.04 bits per heavy atom. The van der Waals surface area contributed by atoms with E-state index in [9.17, 15) is 5.11 Å². The van der Waals surface area contributed by atoms with E-state index in [2.05, 4.69) is 9.97 Å². The van der Waals surface area contributed by atoms with Gasteiger partial charge < -0.3 is 19.5 Å². The Kier molecular flexibility index (Phi) is 4.18. The molecule has 1 unspecified atom stereocenters. The molecule has 2 heterocycles. The fourth-order valence-corrected chi connectivity index (χ4v) is 2.78. The highest BCUT2D eigenvalue weighted by Crippen LogP contribution is 2.37. The molecule has 1 aromatic heterocycles. The molecule has 25 heavy (non-hydrogen) atoms. The second kappa shape index (κ2) is 6.78. The zero-order chi connectivity index (χ0) is 17.1. The predicted molar refractivity (Wildman–Crippen MR) is 93.0 cm³/mol. The summed E-state index contributed by atoms with van der Waals surface area (Å²) in [5.74, 6) is 2.10. The van der Waals surface area contributed by atoms with Gasteiger partial charge in [-0.2, -0.15) is 0 Å². The number of rotatable bonds is 5. The number of fused-ring (bicyclic) bond motifs is 1. The summed E-state index contributed by atoms with van der Waals surface area (Å²) in [5.41, 5.74) is 1.71. The average Bonchev–Trinajstić information content (AvgIpc) is 3.15. The number of ether oxygens (including phenoxy) is 2. The Labute approximate surface area is 145 Å². The summed E-state index contributed by atoms with van der Waals surface area (Å²) in [6.45, 7) is 0.569. The molecule has 1 N–H and O–H groups in total. The SMILES string of the molecule is OC(CN(c1ccc2c(c1)OCO2)c1ccncn1)c1ccccc1. The molecule has 126 valence electrons.